The van der Waals surface area contributed by atoms with Crippen LogP contribution in [0.1, 0.15) is 58.5 Å². The van der Waals surface area contributed by atoms with Crippen molar-refractivity contribution in [2.45, 2.75) is 59.9 Å². The highest BCUT2D eigenvalue weighted by molar-refractivity contribution is 5.77. The van der Waals surface area contributed by atoms with Crippen molar-refractivity contribution < 1.29 is 9.53 Å². The van der Waals surface area contributed by atoms with Gasteiger partial charge in [-0.1, -0.05) is 32.2 Å². The molecule has 0 spiro atoms. The monoisotopic (exact) mass is 476 g/mol. The number of carbonyl (C=O) groups excluding carboxylic acids is 1. The first-order valence-electron chi connectivity index (χ1n) is 12.1. The van der Waals surface area contributed by atoms with E-state index in [1.807, 2.05) is 26.0 Å². The molecule has 0 saturated heterocycles. The topological polar surface area (TPSA) is 67.4 Å². The minimum Gasteiger partial charge on any atom is -0.484 e. The molecule has 6 nitrogen and oxygen atoms in total. The molecule has 35 heavy (non-hydrogen) atoms. The Balaban J connectivity index is 2.23. The van der Waals surface area contributed by atoms with Crippen LogP contribution in [0, 0.1) is 6.92 Å². The molecule has 188 valence electrons. The van der Waals surface area contributed by atoms with Gasteiger partial charge in [0.25, 0.3) is 5.91 Å². The Labute approximate surface area is 210 Å². The molecule has 6 heteroatoms. The summed E-state index contributed by atoms with van der Waals surface area (Å²) in [4.78, 5) is 22.6. The maximum atomic E-state index is 11.8. The lowest BCUT2D eigenvalue weighted by molar-refractivity contribution is -0.132. The number of allylic oxidation sites excluding steroid dienone is 8. The third-order valence-electron chi connectivity index (χ3n) is 6.00. The third kappa shape index (κ3) is 8.09. The van der Waals surface area contributed by atoms with Crippen LogP contribution in [0.2, 0.25) is 0 Å². The van der Waals surface area contributed by atoms with Crippen LogP contribution in [-0.2, 0) is 9.53 Å². The van der Waals surface area contributed by atoms with Crippen molar-refractivity contribution in [2.75, 3.05) is 26.0 Å². The van der Waals surface area contributed by atoms with Gasteiger partial charge in [-0.15, -0.1) is 0 Å². The van der Waals surface area contributed by atoms with Crippen LogP contribution in [0.15, 0.2) is 71.6 Å². The van der Waals surface area contributed by atoms with Crippen LogP contribution in [0.3, 0.4) is 0 Å². The summed E-state index contributed by atoms with van der Waals surface area (Å²) in [6.07, 6.45) is 11.2. The van der Waals surface area contributed by atoms with Crippen molar-refractivity contribution in [3.63, 3.8) is 0 Å². The minimum absolute atomic E-state index is 0.0113. The zero-order valence-electron chi connectivity index (χ0n) is 22.4. The van der Waals surface area contributed by atoms with Gasteiger partial charge in [-0.3, -0.25) is 4.79 Å². The molecular weight excluding hydrogens is 436 g/mol. The summed E-state index contributed by atoms with van der Waals surface area (Å²) in [6, 6.07) is 1.97. The lowest BCUT2D eigenvalue weighted by atomic mass is 9.88. The minimum atomic E-state index is -0.106. The standard InChI is InChI=1S/C29H40N4O2/c1-10-24(15-21(5)35-18-29(34)33(8)9)22(6)30-28-17-27(31-23(7)32-28)25(11-2)16-26-19(3)13-12-14-20(26)4/h11,14-17,22H,3,5,10,12-13,18H2,1-2,4,6-9H3,(H,30,31,32). The van der Waals surface area contributed by atoms with Crippen LogP contribution in [-0.4, -0.2) is 47.5 Å². The van der Waals surface area contributed by atoms with Gasteiger partial charge in [0.2, 0.25) is 0 Å². The van der Waals surface area contributed by atoms with Crippen molar-refractivity contribution in [1.29, 1.82) is 0 Å². The van der Waals surface area contributed by atoms with E-state index in [4.69, 9.17) is 9.72 Å². The Hall–Kier alpha value is -3.41. The van der Waals surface area contributed by atoms with Crippen LogP contribution in [0.5, 0.6) is 0 Å². The first kappa shape index (κ1) is 27.8. The SMILES string of the molecule is C=C(C=C(CC)C(C)Nc1cc(C(C=C2C(=C)CCC=C2C)=CC)nc(C)n1)OCC(=O)N(C)C. The Kier molecular flexibility index (Phi) is 10.2. The maximum Gasteiger partial charge on any atom is 0.259 e. The van der Waals surface area contributed by atoms with Crippen molar-refractivity contribution in [1.82, 2.24) is 14.9 Å². The van der Waals surface area contributed by atoms with Crippen LogP contribution in [0.4, 0.5) is 5.82 Å². The molecule has 0 saturated carbocycles. The van der Waals surface area contributed by atoms with Gasteiger partial charge < -0.3 is 15.0 Å². The van der Waals surface area contributed by atoms with Gasteiger partial charge in [-0.25, -0.2) is 9.97 Å². The van der Waals surface area contributed by atoms with E-state index in [9.17, 15) is 4.79 Å². The predicted octanol–water partition coefficient (Wildman–Crippen LogP) is 6.17. The molecule has 1 aliphatic rings. The maximum absolute atomic E-state index is 11.8. The van der Waals surface area contributed by atoms with Gasteiger partial charge in [-0.2, -0.15) is 0 Å². The van der Waals surface area contributed by atoms with E-state index in [0.717, 1.165) is 47.5 Å². The number of nitrogens with zero attached hydrogens (tertiary/aromatic N) is 3. The van der Waals surface area contributed by atoms with Gasteiger partial charge >= 0.3 is 0 Å². The second-order valence-electron chi connectivity index (χ2n) is 9.00. The average Bonchev–Trinajstić information content (AvgIpc) is 2.80. The van der Waals surface area contributed by atoms with Gasteiger partial charge in [0.15, 0.2) is 6.61 Å². The number of amides is 1. The number of hydrogen-bond acceptors (Lipinski definition) is 5. The largest absolute Gasteiger partial charge is 0.484 e. The van der Waals surface area contributed by atoms with Crippen LogP contribution < -0.4 is 5.32 Å². The highest BCUT2D eigenvalue weighted by Gasteiger charge is 2.14. The molecule has 1 aliphatic carbocycles. The Morgan fingerprint density at radius 3 is 2.63 bits per heavy atom. The van der Waals surface area contributed by atoms with Crippen LogP contribution >= 0.6 is 0 Å². The van der Waals surface area contributed by atoms with Gasteiger partial charge in [0.05, 0.1) is 5.69 Å². The molecular formula is C29H40N4O2. The second kappa shape index (κ2) is 12.9. The van der Waals surface area contributed by atoms with E-state index in [-0.39, 0.29) is 18.6 Å². The fraction of sp³-hybridized carbons (Fsp3) is 0.414. The number of aryl methyl sites for hydroxylation is 1. The Bertz CT molecular complexity index is 1090. The summed E-state index contributed by atoms with van der Waals surface area (Å²) in [5.41, 5.74) is 6.60. The first-order chi connectivity index (χ1) is 16.5. The molecule has 0 bridgehead atoms. The summed E-state index contributed by atoms with van der Waals surface area (Å²) in [6.45, 7) is 18.4. The Morgan fingerprint density at radius 1 is 1.31 bits per heavy atom. The summed E-state index contributed by atoms with van der Waals surface area (Å²) < 4.78 is 5.53. The van der Waals surface area contributed by atoms with Crippen molar-refractivity contribution >= 4 is 17.3 Å². The van der Waals surface area contributed by atoms with E-state index in [1.54, 1.807) is 14.1 Å². The van der Waals surface area contributed by atoms with Crippen LogP contribution in [0.25, 0.3) is 5.57 Å². The molecule has 1 atom stereocenters. The summed E-state index contributed by atoms with van der Waals surface area (Å²) in [5.74, 6) is 1.80. The number of aromatic nitrogens is 2. The molecule has 1 N–H and O–H groups in total. The second-order valence-corrected chi connectivity index (χ2v) is 9.00. The molecule has 1 heterocycles. The smallest absolute Gasteiger partial charge is 0.259 e. The quantitative estimate of drug-likeness (QED) is 0.323. The van der Waals surface area contributed by atoms with Crippen molar-refractivity contribution in [3.8, 4) is 0 Å². The fourth-order valence-electron chi connectivity index (χ4n) is 3.83. The number of likely N-dealkylation sites (N-methyl/N-ethyl adjacent to an activating group) is 1. The number of hydrogen-bond donors (Lipinski definition) is 1. The molecule has 0 aromatic carbocycles. The molecule has 1 amide bonds. The number of ether oxygens (including phenoxy) is 1. The lowest BCUT2D eigenvalue weighted by Gasteiger charge is -2.20. The normalized spacial score (nSPS) is 16.6. The van der Waals surface area contributed by atoms with E-state index in [1.165, 1.54) is 16.0 Å². The third-order valence-corrected chi connectivity index (χ3v) is 6.00. The van der Waals surface area contributed by atoms with Crippen molar-refractivity contribution in [2.24, 2.45) is 0 Å². The molecule has 1 aromatic heterocycles. The van der Waals surface area contributed by atoms with E-state index in [0.29, 0.717) is 11.6 Å². The van der Waals surface area contributed by atoms with Gasteiger partial charge in [0, 0.05) is 26.2 Å². The molecule has 1 unspecified atom stereocenters. The van der Waals surface area contributed by atoms with Gasteiger partial charge in [-0.05, 0) is 87.0 Å². The highest BCUT2D eigenvalue weighted by atomic mass is 16.5. The fourth-order valence-corrected chi connectivity index (χ4v) is 3.83. The molecule has 0 aliphatic heterocycles. The summed E-state index contributed by atoms with van der Waals surface area (Å²) >= 11 is 0. The first-order valence-corrected chi connectivity index (χ1v) is 12.1. The average molecular weight is 477 g/mol. The van der Waals surface area contributed by atoms with E-state index < -0.39 is 0 Å². The number of carbonyl (C=O) groups is 1. The molecule has 1 aromatic rings. The van der Waals surface area contributed by atoms with E-state index in [2.05, 4.69) is 62.5 Å². The Morgan fingerprint density at radius 2 is 2.03 bits per heavy atom. The molecule has 2 rings (SSSR count). The summed E-state index contributed by atoms with van der Waals surface area (Å²) in [7, 11) is 3.40. The van der Waals surface area contributed by atoms with Crippen molar-refractivity contribution in [3.05, 3.63) is 83.1 Å². The lowest BCUT2D eigenvalue weighted by Crippen LogP contribution is -2.26. The number of rotatable bonds is 10. The number of anilines is 1. The zero-order valence-corrected chi connectivity index (χ0v) is 22.4. The molecule has 0 fully saturated rings. The van der Waals surface area contributed by atoms with E-state index >= 15 is 0 Å². The number of nitrogens with one attached hydrogen (secondary N) is 1. The molecule has 0 radical (unpaired) electrons. The predicted molar refractivity (Wildman–Crippen MR) is 146 cm³/mol. The zero-order chi connectivity index (χ0) is 26.1. The summed E-state index contributed by atoms with van der Waals surface area (Å²) in [5, 5.41) is 3.49. The highest BCUT2D eigenvalue weighted by Crippen LogP contribution is 2.31. The van der Waals surface area contributed by atoms with Gasteiger partial charge in [0.1, 0.15) is 17.4 Å².